The number of aromatic carboxylic acids is 1. The Morgan fingerprint density at radius 3 is 2.69 bits per heavy atom. The van der Waals surface area contributed by atoms with Crippen LogP contribution in [0.2, 0.25) is 0 Å². The number of nitrogen functional groups attached to an aromatic ring is 1. The molecule has 0 saturated heterocycles. The van der Waals surface area contributed by atoms with Gasteiger partial charge in [0.25, 0.3) is 0 Å². The van der Waals surface area contributed by atoms with E-state index in [1.165, 1.54) is 48.2 Å². The zero-order chi connectivity index (χ0) is 20.5. The van der Waals surface area contributed by atoms with Crippen molar-refractivity contribution in [1.29, 1.82) is 0 Å². The van der Waals surface area contributed by atoms with E-state index in [0.717, 1.165) is 41.4 Å². The van der Waals surface area contributed by atoms with Crippen LogP contribution in [0.1, 0.15) is 54.3 Å². The van der Waals surface area contributed by atoms with Crippen LogP contribution in [0.3, 0.4) is 0 Å². The van der Waals surface area contributed by atoms with Crippen LogP contribution < -0.4 is 5.73 Å². The zero-order valence-corrected chi connectivity index (χ0v) is 18.0. The third-order valence-electron chi connectivity index (χ3n) is 6.40. The van der Waals surface area contributed by atoms with Gasteiger partial charge in [-0.25, -0.2) is 9.78 Å². The number of hydrogen-bond acceptors (Lipinski definition) is 5. The summed E-state index contributed by atoms with van der Waals surface area (Å²) in [4.78, 5) is 20.0. The van der Waals surface area contributed by atoms with Crippen LogP contribution in [0.4, 0.5) is 5.82 Å². The standard InChI is InChI=1S/C23H29N3O2S/c1-14-3-5-15(6-4-14)19-13-26(2)10-9-17(19)18-11-20(29-22(18)23(27)28)16-7-8-21(24)25-12-16/h7-8,11-12,14-15H,3-6,9-10,13H2,1-2H3,(H2,24,25)(H,27,28). The number of nitrogens with two attached hydrogens (primary N) is 1. The van der Waals surface area contributed by atoms with E-state index < -0.39 is 5.97 Å². The molecule has 2 aliphatic rings. The van der Waals surface area contributed by atoms with Gasteiger partial charge in [0.15, 0.2) is 0 Å². The van der Waals surface area contributed by atoms with E-state index in [2.05, 4.69) is 29.9 Å². The monoisotopic (exact) mass is 411 g/mol. The molecule has 1 saturated carbocycles. The van der Waals surface area contributed by atoms with Crippen molar-refractivity contribution < 1.29 is 9.90 Å². The number of likely N-dealkylation sites (N-methyl/N-ethyl adjacent to an activating group) is 1. The normalized spacial score (nSPS) is 23.4. The Morgan fingerprint density at radius 2 is 2.03 bits per heavy atom. The number of carboxylic acids is 1. The molecule has 0 bridgehead atoms. The summed E-state index contributed by atoms with van der Waals surface area (Å²) in [6.07, 6.45) is 7.60. The number of thiophene rings is 1. The minimum Gasteiger partial charge on any atom is -0.477 e. The molecule has 2 aromatic heterocycles. The molecule has 5 nitrogen and oxygen atoms in total. The van der Waals surface area contributed by atoms with Crippen molar-refractivity contribution in [3.8, 4) is 10.4 Å². The van der Waals surface area contributed by atoms with E-state index in [1.54, 1.807) is 12.3 Å². The lowest BCUT2D eigenvalue weighted by Gasteiger charge is -2.35. The first-order chi connectivity index (χ1) is 13.9. The molecule has 0 aromatic carbocycles. The van der Waals surface area contributed by atoms with E-state index in [-0.39, 0.29) is 0 Å². The van der Waals surface area contributed by atoms with Crippen LogP contribution in [0.25, 0.3) is 16.0 Å². The molecule has 29 heavy (non-hydrogen) atoms. The van der Waals surface area contributed by atoms with Crippen molar-refractivity contribution in [2.45, 2.75) is 39.0 Å². The highest BCUT2D eigenvalue weighted by molar-refractivity contribution is 7.17. The summed E-state index contributed by atoms with van der Waals surface area (Å²) in [5.41, 5.74) is 10.3. The highest BCUT2D eigenvalue weighted by atomic mass is 32.1. The van der Waals surface area contributed by atoms with Gasteiger partial charge in [-0.3, -0.25) is 0 Å². The summed E-state index contributed by atoms with van der Waals surface area (Å²) >= 11 is 1.34. The summed E-state index contributed by atoms with van der Waals surface area (Å²) in [6, 6.07) is 5.74. The van der Waals surface area contributed by atoms with E-state index in [0.29, 0.717) is 16.6 Å². The maximum atomic E-state index is 12.1. The lowest BCUT2D eigenvalue weighted by Crippen LogP contribution is -2.31. The molecule has 0 amide bonds. The van der Waals surface area contributed by atoms with Crippen LogP contribution >= 0.6 is 11.3 Å². The zero-order valence-electron chi connectivity index (χ0n) is 17.1. The number of rotatable bonds is 4. The van der Waals surface area contributed by atoms with E-state index in [9.17, 15) is 9.90 Å². The van der Waals surface area contributed by atoms with Gasteiger partial charge in [-0.2, -0.15) is 0 Å². The predicted octanol–water partition coefficient (Wildman–Crippen LogP) is 5.01. The van der Waals surface area contributed by atoms with Crippen LogP contribution in [0, 0.1) is 11.8 Å². The van der Waals surface area contributed by atoms with Gasteiger partial charge in [-0.15, -0.1) is 11.3 Å². The first-order valence-electron chi connectivity index (χ1n) is 10.4. The van der Waals surface area contributed by atoms with Gasteiger partial charge in [-0.05, 0) is 67.5 Å². The Balaban J connectivity index is 1.78. The highest BCUT2D eigenvalue weighted by Crippen LogP contribution is 2.43. The molecule has 3 heterocycles. The topological polar surface area (TPSA) is 79.4 Å². The average Bonchev–Trinajstić information content (AvgIpc) is 3.14. The molecule has 0 unspecified atom stereocenters. The SMILES string of the molecule is CC1CCC(C2=C(c3cc(-c4ccc(N)nc4)sc3C(=O)O)CCN(C)C2)CC1. The Kier molecular flexibility index (Phi) is 5.74. The summed E-state index contributed by atoms with van der Waals surface area (Å²) in [5, 5.41) is 9.93. The lowest BCUT2D eigenvalue weighted by molar-refractivity contribution is 0.0702. The van der Waals surface area contributed by atoms with Gasteiger partial charge in [0.05, 0.1) is 0 Å². The van der Waals surface area contributed by atoms with Crippen LogP contribution in [-0.2, 0) is 0 Å². The lowest BCUT2D eigenvalue weighted by atomic mass is 9.75. The number of nitrogens with zero attached hydrogens (tertiary/aromatic N) is 2. The van der Waals surface area contributed by atoms with E-state index in [1.807, 2.05) is 6.07 Å². The second-order valence-electron chi connectivity index (χ2n) is 8.58. The van der Waals surface area contributed by atoms with Crippen molar-refractivity contribution >= 4 is 28.7 Å². The summed E-state index contributed by atoms with van der Waals surface area (Å²) < 4.78 is 0. The summed E-state index contributed by atoms with van der Waals surface area (Å²) in [5.74, 6) is 1.00. The van der Waals surface area contributed by atoms with Crippen LogP contribution in [0.5, 0.6) is 0 Å². The maximum Gasteiger partial charge on any atom is 0.346 e. The molecule has 1 fully saturated rings. The second-order valence-corrected chi connectivity index (χ2v) is 9.63. The van der Waals surface area contributed by atoms with E-state index in [4.69, 9.17) is 5.73 Å². The van der Waals surface area contributed by atoms with Gasteiger partial charge in [-0.1, -0.05) is 19.8 Å². The Hall–Kier alpha value is -2.18. The van der Waals surface area contributed by atoms with E-state index >= 15 is 0 Å². The van der Waals surface area contributed by atoms with Crippen LogP contribution in [0.15, 0.2) is 30.0 Å². The van der Waals surface area contributed by atoms with Crippen LogP contribution in [-0.4, -0.2) is 41.1 Å². The van der Waals surface area contributed by atoms with Crippen molar-refractivity contribution in [1.82, 2.24) is 9.88 Å². The number of carbonyl (C=O) groups is 1. The minimum atomic E-state index is -0.845. The smallest absolute Gasteiger partial charge is 0.346 e. The van der Waals surface area contributed by atoms with Gasteiger partial charge < -0.3 is 15.7 Å². The molecule has 2 aromatic rings. The van der Waals surface area contributed by atoms with Gasteiger partial charge in [0, 0.05) is 35.3 Å². The number of hydrogen-bond donors (Lipinski definition) is 2. The van der Waals surface area contributed by atoms with Crippen molar-refractivity contribution in [2.24, 2.45) is 11.8 Å². The molecule has 6 heteroatoms. The first kappa shape index (κ1) is 20.1. The first-order valence-corrected chi connectivity index (χ1v) is 11.2. The summed E-state index contributed by atoms with van der Waals surface area (Å²) in [7, 11) is 2.17. The molecule has 3 N–H and O–H groups in total. The average molecular weight is 412 g/mol. The molecule has 1 aliphatic carbocycles. The van der Waals surface area contributed by atoms with Gasteiger partial charge in [0.2, 0.25) is 0 Å². The molecule has 0 atom stereocenters. The summed E-state index contributed by atoms with van der Waals surface area (Å²) in [6.45, 7) is 4.25. The minimum absolute atomic E-state index is 0.443. The third-order valence-corrected chi connectivity index (χ3v) is 7.57. The van der Waals surface area contributed by atoms with Gasteiger partial charge >= 0.3 is 5.97 Å². The van der Waals surface area contributed by atoms with Crippen molar-refractivity contribution in [3.05, 3.63) is 40.4 Å². The second kappa shape index (κ2) is 8.28. The molecule has 154 valence electrons. The molecule has 4 rings (SSSR count). The Morgan fingerprint density at radius 1 is 1.28 bits per heavy atom. The number of aromatic nitrogens is 1. The fourth-order valence-corrected chi connectivity index (χ4v) is 5.70. The molecular weight excluding hydrogens is 382 g/mol. The molecule has 0 spiro atoms. The fourth-order valence-electron chi connectivity index (χ4n) is 4.69. The van der Waals surface area contributed by atoms with Gasteiger partial charge in [0.1, 0.15) is 10.7 Å². The fraction of sp³-hybridized carbons (Fsp3) is 0.478. The molecular formula is C23H29N3O2S. The third kappa shape index (κ3) is 4.23. The van der Waals surface area contributed by atoms with Crippen molar-refractivity contribution in [2.75, 3.05) is 25.9 Å². The Bertz CT molecular complexity index is 924. The largest absolute Gasteiger partial charge is 0.477 e. The highest BCUT2D eigenvalue weighted by Gasteiger charge is 2.30. The van der Waals surface area contributed by atoms with Crippen molar-refractivity contribution in [3.63, 3.8) is 0 Å². The molecule has 0 radical (unpaired) electrons. The Labute approximate surface area is 176 Å². The number of pyridine rings is 1. The molecule has 1 aliphatic heterocycles. The predicted molar refractivity (Wildman–Crippen MR) is 119 cm³/mol. The number of carboxylic acid groups (broad SMARTS) is 1. The maximum absolute atomic E-state index is 12.1. The quantitative estimate of drug-likeness (QED) is 0.740. The number of anilines is 1.